The van der Waals surface area contributed by atoms with Gasteiger partial charge in [0, 0.05) is 25.7 Å². The minimum Gasteiger partial charge on any atom is -0.345 e. The molecule has 3 heteroatoms. The number of piperidine rings is 1. The Balaban J connectivity index is 2.10. The van der Waals surface area contributed by atoms with Crippen molar-refractivity contribution in [3.05, 3.63) is 35.4 Å². The Kier molecular flexibility index (Phi) is 4.02. The predicted molar refractivity (Wildman–Crippen MR) is 73.9 cm³/mol. The van der Waals surface area contributed by atoms with Crippen molar-refractivity contribution in [1.82, 2.24) is 10.2 Å². The van der Waals surface area contributed by atoms with Gasteiger partial charge in [0.15, 0.2) is 0 Å². The van der Waals surface area contributed by atoms with E-state index in [1.165, 1.54) is 18.4 Å². The molecule has 2 rings (SSSR count). The molecule has 98 valence electrons. The molecular formula is C15H22N2O. The molecule has 3 nitrogen and oxygen atoms in total. The summed E-state index contributed by atoms with van der Waals surface area (Å²) in [6.07, 6.45) is 2.37. The Bertz CT molecular complexity index is 411. The maximum atomic E-state index is 11.8. The smallest absolute Gasteiger partial charge is 0.253 e. The number of carbonyl (C=O) groups is 1. The van der Waals surface area contributed by atoms with Crippen molar-refractivity contribution in [3.8, 4) is 0 Å². The first-order chi connectivity index (χ1) is 8.58. The molecule has 1 heterocycles. The van der Waals surface area contributed by atoms with Crippen LogP contribution >= 0.6 is 0 Å². The molecule has 0 bridgehead atoms. The highest BCUT2D eigenvalue weighted by atomic mass is 16.2. The molecule has 1 N–H and O–H groups in total. The van der Waals surface area contributed by atoms with Crippen LogP contribution in [-0.4, -0.2) is 37.5 Å². The Hall–Kier alpha value is -1.35. The number of benzene rings is 1. The van der Waals surface area contributed by atoms with Gasteiger partial charge in [0.25, 0.3) is 5.91 Å². The van der Waals surface area contributed by atoms with Gasteiger partial charge in [-0.25, -0.2) is 0 Å². The van der Waals surface area contributed by atoms with Gasteiger partial charge in [-0.05, 0) is 49.9 Å². The number of carbonyl (C=O) groups excluding carboxylic acids is 1. The first kappa shape index (κ1) is 13.1. The molecule has 1 fully saturated rings. The fourth-order valence-electron chi connectivity index (χ4n) is 2.59. The van der Waals surface area contributed by atoms with Crippen molar-refractivity contribution < 1.29 is 4.79 Å². The first-order valence-corrected chi connectivity index (χ1v) is 6.63. The van der Waals surface area contributed by atoms with Crippen LogP contribution in [0.15, 0.2) is 24.3 Å². The topological polar surface area (TPSA) is 32.3 Å². The summed E-state index contributed by atoms with van der Waals surface area (Å²) in [4.78, 5) is 13.4. The summed E-state index contributed by atoms with van der Waals surface area (Å²) in [6.45, 7) is 3.32. The van der Waals surface area contributed by atoms with Crippen LogP contribution in [0.5, 0.6) is 0 Å². The Morgan fingerprint density at radius 2 is 1.94 bits per heavy atom. The molecule has 1 saturated heterocycles. The molecule has 0 aliphatic carbocycles. The summed E-state index contributed by atoms with van der Waals surface area (Å²) in [5.41, 5.74) is 2.13. The highest BCUT2D eigenvalue weighted by molar-refractivity contribution is 5.93. The largest absolute Gasteiger partial charge is 0.345 e. The second kappa shape index (κ2) is 5.53. The second-order valence-electron chi connectivity index (χ2n) is 5.40. The summed E-state index contributed by atoms with van der Waals surface area (Å²) in [6, 6.07) is 8.71. The zero-order valence-electron chi connectivity index (χ0n) is 11.4. The van der Waals surface area contributed by atoms with Crippen molar-refractivity contribution in [1.29, 1.82) is 0 Å². The third-order valence-electron chi connectivity index (χ3n) is 3.66. The Labute approximate surface area is 109 Å². The van der Waals surface area contributed by atoms with Crippen molar-refractivity contribution in [2.45, 2.75) is 31.7 Å². The number of nitrogens with one attached hydrogen (secondary N) is 1. The molecule has 1 aromatic carbocycles. The van der Waals surface area contributed by atoms with Crippen LogP contribution in [0.4, 0.5) is 0 Å². The number of amides is 1. The van der Waals surface area contributed by atoms with Crippen LogP contribution in [0.3, 0.4) is 0 Å². The van der Waals surface area contributed by atoms with Gasteiger partial charge in [-0.15, -0.1) is 0 Å². The average Bonchev–Trinajstić information content (AvgIpc) is 2.38. The maximum Gasteiger partial charge on any atom is 0.253 e. The Morgan fingerprint density at radius 1 is 1.28 bits per heavy atom. The fraction of sp³-hybridized carbons (Fsp3) is 0.533. The average molecular weight is 246 g/mol. The van der Waals surface area contributed by atoms with Crippen molar-refractivity contribution in [3.63, 3.8) is 0 Å². The molecular weight excluding hydrogens is 224 g/mol. The van der Waals surface area contributed by atoms with Gasteiger partial charge in [-0.2, -0.15) is 0 Å². The number of rotatable bonds is 2. The third-order valence-corrected chi connectivity index (χ3v) is 3.66. The van der Waals surface area contributed by atoms with Crippen LogP contribution in [0.2, 0.25) is 0 Å². The second-order valence-corrected chi connectivity index (χ2v) is 5.40. The molecule has 1 amide bonds. The normalized spacial score (nSPS) is 23.7. The monoisotopic (exact) mass is 246 g/mol. The van der Waals surface area contributed by atoms with Crippen molar-refractivity contribution in [2.75, 3.05) is 20.6 Å². The molecule has 0 radical (unpaired) electrons. The predicted octanol–water partition coefficient (Wildman–Crippen LogP) is 2.24. The quantitative estimate of drug-likeness (QED) is 0.868. The number of nitrogens with zero attached hydrogens (tertiary/aromatic N) is 1. The molecule has 1 aromatic rings. The van der Waals surface area contributed by atoms with Gasteiger partial charge in [0.2, 0.25) is 0 Å². The van der Waals surface area contributed by atoms with Crippen LogP contribution in [-0.2, 0) is 0 Å². The standard InChI is InChI=1S/C15H22N2O/c1-11-10-14(8-9-16-11)12-4-6-13(7-5-12)15(18)17(2)3/h4-7,11,14,16H,8-10H2,1-3H3/t11-,14-/m0/s1. The maximum absolute atomic E-state index is 11.8. The fourth-order valence-corrected chi connectivity index (χ4v) is 2.59. The van der Waals surface area contributed by atoms with E-state index < -0.39 is 0 Å². The summed E-state index contributed by atoms with van der Waals surface area (Å²) < 4.78 is 0. The SMILES string of the molecule is C[C@H]1C[C@@H](c2ccc(C(=O)N(C)C)cc2)CCN1. The lowest BCUT2D eigenvalue weighted by Crippen LogP contribution is -2.34. The van der Waals surface area contributed by atoms with Crippen LogP contribution < -0.4 is 5.32 Å². The molecule has 0 unspecified atom stereocenters. The minimum absolute atomic E-state index is 0.0697. The number of hydrogen-bond acceptors (Lipinski definition) is 2. The first-order valence-electron chi connectivity index (χ1n) is 6.63. The van der Waals surface area contributed by atoms with E-state index in [1.807, 2.05) is 12.1 Å². The van der Waals surface area contributed by atoms with Crippen LogP contribution in [0.25, 0.3) is 0 Å². The van der Waals surface area contributed by atoms with E-state index in [0.29, 0.717) is 12.0 Å². The Morgan fingerprint density at radius 3 is 2.50 bits per heavy atom. The van der Waals surface area contributed by atoms with Gasteiger partial charge in [-0.3, -0.25) is 4.79 Å². The van der Waals surface area contributed by atoms with E-state index in [2.05, 4.69) is 24.4 Å². The number of hydrogen-bond donors (Lipinski definition) is 1. The third kappa shape index (κ3) is 2.91. The molecule has 0 spiro atoms. The van der Waals surface area contributed by atoms with Gasteiger partial charge < -0.3 is 10.2 Å². The molecule has 18 heavy (non-hydrogen) atoms. The van der Waals surface area contributed by atoms with Gasteiger partial charge >= 0.3 is 0 Å². The van der Waals surface area contributed by atoms with E-state index in [1.54, 1.807) is 19.0 Å². The highest BCUT2D eigenvalue weighted by Crippen LogP contribution is 2.27. The van der Waals surface area contributed by atoms with E-state index >= 15 is 0 Å². The lowest BCUT2D eigenvalue weighted by molar-refractivity contribution is 0.0827. The molecule has 1 aliphatic heterocycles. The van der Waals surface area contributed by atoms with Gasteiger partial charge in [-0.1, -0.05) is 12.1 Å². The minimum atomic E-state index is 0.0697. The van der Waals surface area contributed by atoms with E-state index in [4.69, 9.17) is 0 Å². The zero-order chi connectivity index (χ0) is 13.1. The summed E-state index contributed by atoms with van der Waals surface area (Å²) in [5, 5.41) is 3.47. The lowest BCUT2D eigenvalue weighted by atomic mass is 9.86. The van der Waals surface area contributed by atoms with E-state index in [0.717, 1.165) is 12.1 Å². The van der Waals surface area contributed by atoms with Crippen LogP contribution in [0, 0.1) is 0 Å². The summed E-state index contributed by atoms with van der Waals surface area (Å²) in [7, 11) is 3.56. The van der Waals surface area contributed by atoms with E-state index in [-0.39, 0.29) is 5.91 Å². The molecule has 0 saturated carbocycles. The van der Waals surface area contributed by atoms with Crippen molar-refractivity contribution in [2.24, 2.45) is 0 Å². The highest BCUT2D eigenvalue weighted by Gasteiger charge is 2.20. The van der Waals surface area contributed by atoms with E-state index in [9.17, 15) is 4.79 Å². The summed E-state index contributed by atoms with van der Waals surface area (Å²) >= 11 is 0. The van der Waals surface area contributed by atoms with Crippen molar-refractivity contribution >= 4 is 5.91 Å². The summed E-state index contributed by atoms with van der Waals surface area (Å²) in [5.74, 6) is 0.699. The zero-order valence-corrected chi connectivity index (χ0v) is 11.4. The van der Waals surface area contributed by atoms with Crippen LogP contribution in [0.1, 0.15) is 41.6 Å². The molecule has 1 aliphatic rings. The van der Waals surface area contributed by atoms with Gasteiger partial charge in [0.05, 0.1) is 0 Å². The van der Waals surface area contributed by atoms with Gasteiger partial charge in [0.1, 0.15) is 0 Å². The molecule has 2 atom stereocenters. The lowest BCUT2D eigenvalue weighted by Gasteiger charge is -2.28. The molecule has 0 aromatic heterocycles.